The van der Waals surface area contributed by atoms with Crippen molar-refractivity contribution in [1.82, 2.24) is 9.97 Å². The number of rotatable bonds is 3. The van der Waals surface area contributed by atoms with Gasteiger partial charge in [-0.1, -0.05) is 13.8 Å². The molecule has 1 aromatic rings. The molecule has 72 valence electrons. The molecule has 0 amide bonds. The maximum atomic E-state index is 4.39. The first kappa shape index (κ1) is 9.96. The van der Waals surface area contributed by atoms with Gasteiger partial charge in [0, 0.05) is 18.2 Å². The largest absolute Gasteiger partial charge is 0.368 e. The standard InChI is InChI=1S/C10H17N3/c1-7(2)10-11-6-5-9(13-10)12-8(3)4/h5-8H,1-4H3,(H,11,12,13). The van der Waals surface area contributed by atoms with Gasteiger partial charge in [0.15, 0.2) is 0 Å². The van der Waals surface area contributed by atoms with Crippen molar-refractivity contribution in [3.63, 3.8) is 0 Å². The summed E-state index contributed by atoms with van der Waals surface area (Å²) in [6.45, 7) is 8.37. The number of hydrogen-bond donors (Lipinski definition) is 1. The molecule has 0 radical (unpaired) electrons. The van der Waals surface area contributed by atoms with Crippen LogP contribution in [0.25, 0.3) is 0 Å². The number of nitrogens with one attached hydrogen (secondary N) is 1. The zero-order valence-corrected chi connectivity index (χ0v) is 8.70. The smallest absolute Gasteiger partial charge is 0.133 e. The molecule has 0 saturated carbocycles. The van der Waals surface area contributed by atoms with Crippen molar-refractivity contribution in [1.29, 1.82) is 0 Å². The predicted molar refractivity (Wildman–Crippen MR) is 54.9 cm³/mol. The molecule has 0 aliphatic carbocycles. The summed E-state index contributed by atoms with van der Waals surface area (Å²) < 4.78 is 0. The van der Waals surface area contributed by atoms with E-state index in [9.17, 15) is 0 Å². The number of anilines is 1. The van der Waals surface area contributed by atoms with E-state index in [2.05, 4.69) is 43.0 Å². The average molecular weight is 179 g/mol. The molecule has 0 fully saturated rings. The summed E-state index contributed by atoms with van der Waals surface area (Å²) in [5, 5.41) is 3.25. The van der Waals surface area contributed by atoms with Crippen molar-refractivity contribution in [2.45, 2.75) is 39.7 Å². The summed E-state index contributed by atoms with van der Waals surface area (Å²) in [6.07, 6.45) is 1.80. The lowest BCUT2D eigenvalue weighted by molar-refractivity contribution is 0.769. The molecule has 1 rings (SSSR count). The first-order valence-corrected chi connectivity index (χ1v) is 4.69. The van der Waals surface area contributed by atoms with Crippen molar-refractivity contribution in [3.05, 3.63) is 18.1 Å². The second-order valence-corrected chi connectivity index (χ2v) is 3.75. The quantitative estimate of drug-likeness (QED) is 0.774. The van der Waals surface area contributed by atoms with Crippen LogP contribution in [0.5, 0.6) is 0 Å². The van der Waals surface area contributed by atoms with Gasteiger partial charge in [-0.3, -0.25) is 0 Å². The van der Waals surface area contributed by atoms with E-state index in [1.165, 1.54) is 0 Å². The molecule has 0 unspecified atom stereocenters. The van der Waals surface area contributed by atoms with E-state index in [4.69, 9.17) is 0 Å². The molecular formula is C10H17N3. The minimum Gasteiger partial charge on any atom is -0.368 e. The zero-order chi connectivity index (χ0) is 9.84. The third-order valence-electron chi connectivity index (χ3n) is 1.63. The minimum atomic E-state index is 0.383. The molecule has 0 aliphatic heterocycles. The first-order valence-electron chi connectivity index (χ1n) is 4.69. The first-order chi connectivity index (χ1) is 6.09. The van der Waals surface area contributed by atoms with E-state index < -0.39 is 0 Å². The van der Waals surface area contributed by atoms with Gasteiger partial charge in [0.2, 0.25) is 0 Å². The predicted octanol–water partition coefficient (Wildman–Crippen LogP) is 2.42. The van der Waals surface area contributed by atoms with Crippen LogP contribution in [-0.2, 0) is 0 Å². The van der Waals surface area contributed by atoms with Crippen LogP contribution in [0.4, 0.5) is 5.82 Å². The van der Waals surface area contributed by atoms with E-state index >= 15 is 0 Å². The van der Waals surface area contributed by atoms with E-state index in [0.717, 1.165) is 11.6 Å². The summed E-state index contributed by atoms with van der Waals surface area (Å²) in [5.74, 6) is 2.19. The Bertz CT molecular complexity index is 269. The summed E-state index contributed by atoms with van der Waals surface area (Å²) in [4.78, 5) is 8.59. The van der Waals surface area contributed by atoms with Crippen LogP contribution in [0.2, 0.25) is 0 Å². The van der Waals surface area contributed by atoms with Crippen LogP contribution in [0.15, 0.2) is 12.3 Å². The molecule has 0 atom stereocenters. The fraction of sp³-hybridized carbons (Fsp3) is 0.600. The Morgan fingerprint density at radius 1 is 1.23 bits per heavy atom. The van der Waals surface area contributed by atoms with Crippen molar-refractivity contribution >= 4 is 5.82 Å². The Morgan fingerprint density at radius 3 is 2.46 bits per heavy atom. The molecule has 13 heavy (non-hydrogen) atoms. The Labute approximate surface area is 79.6 Å². The highest BCUT2D eigenvalue weighted by Gasteiger charge is 2.03. The number of hydrogen-bond acceptors (Lipinski definition) is 3. The molecule has 0 aromatic carbocycles. The number of aromatic nitrogens is 2. The number of nitrogens with zero attached hydrogens (tertiary/aromatic N) is 2. The van der Waals surface area contributed by atoms with Crippen LogP contribution in [0.1, 0.15) is 39.4 Å². The second-order valence-electron chi connectivity index (χ2n) is 3.75. The molecule has 0 saturated heterocycles. The summed E-state index contributed by atoms with van der Waals surface area (Å²) >= 11 is 0. The third kappa shape index (κ3) is 3.01. The van der Waals surface area contributed by atoms with E-state index in [0.29, 0.717) is 12.0 Å². The fourth-order valence-electron chi connectivity index (χ4n) is 1.03. The van der Waals surface area contributed by atoms with Gasteiger partial charge in [0.05, 0.1) is 0 Å². The highest BCUT2D eigenvalue weighted by molar-refractivity contribution is 5.33. The Balaban J connectivity index is 2.79. The van der Waals surface area contributed by atoms with Crippen LogP contribution in [0, 0.1) is 0 Å². The van der Waals surface area contributed by atoms with E-state index in [-0.39, 0.29) is 0 Å². The second kappa shape index (κ2) is 4.21. The van der Waals surface area contributed by atoms with Crippen LogP contribution >= 0.6 is 0 Å². The maximum absolute atomic E-state index is 4.39. The third-order valence-corrected chi connectivity index (χ3v) is 1.63. The van der Waals surface area contributed by atoms with Crippen LogP contribution < -0.4 is 5.32 Å². The van der Waals surface area contributed by atoms with Crippen molar-refractivity contribution < 1.29 is 0 Å². The van der Waals surface area contributed by atoms with E-state index in [1.807, 2.05) is 6.07 Å². The van der Waals surface area contributed by atoms with Crippen molar-refractivity contribution in [2.24, 2.45) is 0 Å². The molecule has 0 aliphatic rings. The van der Waals surface area contributed by atoms with Gasteiger partial charge >= 0.3 is 0 Å². The summed E-state index contributed by atoms with van der Waals surface area (Å²) in [7, 11) is 0. The normalized spacial score (nSPS) is 10.9. The van der Waals surface area contributed by atoms with Gasteiger partial charge in [0.25, 0.3) is 0 Å². The molecule has 1 aromatic heterocycles. The zero-order valence-electron chi connectivity index (χ0n) is 8.70. The van der Waals surface area contributed by atoms with Crippen LogP contribution in [0.3, 0.4) is 0 Å². The van der Waals surface area contributed by atoms with Gasteiger partial charge in [-0.2, -0.15) is 0 Å². The highest BCUT2D eigenvalue weighted by Crippen LogP contribution is 2.11. The molecule has 3 nitrogen and oxygen atoms in total. The van der Waals surface area contributed by atoms with Crippen molar-refractivity contribution in [2.75, 3.05) is 5.32 Å². The molecule has 0 bridgehead atoms. The average Bonchev–Trinajstić information content (AvgIpc) is 2.03. The maximum Gasteiger partial charge on any atom is 0.133 e. The molecule has 0 spiro atoms. The fourth-order valence-corrected chi connectivity index (χ4v) is 1.03. The lowest BCUT2D eigenvalue weighted by Gasteiger charge is -2.10. The molecule has 3 heteroatoms. The summed E-state index contributed by atoms with van der Waals surface area (Å²) in [5.41, 5.74) is 0. The van der Waals surface area contributed by atoms with Gasteiger partial charge in [-0.05, 0) is 19.9 Å². The highest BCUT2D eigenvalue weighted by atomic mass is 15.0. The SMILES string of the molecule is CC(C)Nc1ccnc(C(C)C)n1. The van der Waals surface area contributed by atoms with E-state index in [1.54, 1.807) is 6.20 Å². The van der Waals surface area contributed by atoms with Gasteiger partial charge in [-0.25, -0.2) is 9.97 Å². The monoisotopic (exact) mass is 179 g/mol. The lowest BCUT2D eigenvalue weighted by Crippen LogP contribution is -2.12. The topological polar surface area (TPSA) is 37.8 Å². The Kier molecular flexibility index (Phi) is 3.23. The van der Waals surface area contributed by atoms with Crippen LogP contribution in [-0.4, -0.2) is 16.0 Å². The molecule has 1 heterocycles. The summed E-state index contributed by atoms with van der Waals surface area (Å²) in [6, 6.07) is 2.31. The van der Waals surface area contributed by atoms with Gasteiger partial charge < -0.3 is 5.32 Å². The lowest BCUT2D eigenvalue weighted by atomic mass is 10.2. The Morgan fingerprint density at radius 2 is 1.92 bits per heavy atom. The Hall–Kier alpha value is -1.12. The molecular weight excluding hydrogens is 162 g/mol. The minimum absolute atomic E-state index is 0.383. The van der Waals surface area contributed by atoms with Gasteiger partial charge in [0.1, 0.15) is 11.6 Å². The molecule has 1 N–H and O–H groups in total. The van der Waals surface area contributed by atoms with Gasteiger partial charge in [-0.15, -0.1) is 0 Å². The van der Waals surface area contributed by atoms with Crippen molar-refractivity contribution in [3.8, 4) is 0 Å².